The molecule has 1 fully saturated rings. The van der Waals surface area contributed by atoms with E-state index in [0.717, 1.165) is 30.2 Å². The van der Waals surface area contributed by atoms with Crippen LogP contribution < -0.4 is 16.0 Å². The molecule has 0 aromatic carbocycles. The molecule has 1 aliphatic rings. The Morgan fingerprint density at radius 1 is 1.48 bits per heavy atom. The molecule has 0 amide bonds. The number of methoxy groups -OCH3 is 1. The fourth-order valence-corrected chi connectivity index (χ4v) is 3.66. The average Bonchev–Trinajstić information content (AvgIpc) is 2.83. The molecule has 2 rings (SSSR count). The van der Waals surface area contributed by atoms with Crippen molar-refractivity contribution in [2.45, 2.75) is 44.2 Å². The highest BCUT2D eigenvalue weighted by Gasteiger charge is 2.45. The predicted molar refractivity (Wildman–Crippen MR) is 83.9 cm³/mol. The quantitative estimate of drug-likeness (QED) is 0.635. The van der Waals surface area contributed by atoms with Gasteiger partial charge in [0.2, 0.25) is 0 Å². The SMILES string of the molecule is COc1cnn(C)c1C(NN)C1(N(C)C)CCC(C)CC1. The van der Waals surface area contributed by atoms with Crippen molar-refractivity contribution in [2.75, 3.05) is 21.2 Å². The van der Waals surface area contributed by atoms with Crippen molar-refractivity contribution in [3.63, 3.8) is 0 Å². The van der Waals surface area contributed by atoms with Gasteiger partial charge in [0, 0.05) is 12.6 Å². The summed E-state index contributed by atoms with van der Waals surface area (Å²) in [6, 6.07) is -0.0116. The fraction of sp³-hybridized carbons (Fsp3) is 0.800. The molecule has 21 heavy (non-hydrogen) atoms. The van der Waals surface area contributed by atoms with Crippen LogP contribution in [0.4, 0.5) is 0 Å². The number of nitrogens with zero attached hydrogens (tertiary/aromatic N) is 3. The van der Waals surface area contributed by atoms with Crippen molar-refractivity contribution in [2.24, 2.45) is 18.8 Å². The summed E-state index contributed by atoms with van der Waals surface area (Å²) in [5.74, 6) is 7.55. The molecular formula is C15H29N5O. The summed E-state index contributed by atoms with van der Waals surface area (Å²) in [6.45, 7) is 2.33. The van der Waals surface area contributed by atoms with E-state index in [1.54, 1.807) is 13.3 Å². The molecule has 0 aliphatic heterocycles. The molecule has 0 spiro atoms. The summed E-state index contributed by atoms with van der Waals surface area (Å²) in [6.07, 6.45) is 6.43. The lowest BCUT2D eigenvalue weighted by molar-refractivity contribution is 0.0392. The number of likely N-dealkylation sites (N-methyl/N-ethyl adjacent to an activating group) is 1. The molecule has 1 atom stereocenters. The van der Waals surface area contributed by atoms with Crippen molar-refractivity contribution >= 4 is 0 Å². The number of rotatable bonds is 5. The van der Waals surface area contributed by atoms with Crippen LogP contribution in [0.1, 0.15) is 44.3 Å². The van der Waals surface area contributed by atoms with Gasteiger partial charge in [-0.25, -0.2) is 5.43 Å². The maximum atomic E-state index is 5.97. The normalized spacial score (nSPS) is 27.9. The number of hydrazine groups is 1. The third-order valence-electron chi connectivity index (χ3n) is 5.18. The van der Waals surface area contributed by atoms with Crippen LogP contribution >= 0.6 is 0 Å². The first-order chi connectivity index (χ1) is 9.96. The first-order valence-electron chi connectivity index (χ1n) is 7.65. The molecule has 6 nitrogen and oxygen atoms in total. The summed E-state index contributed by atoms with van der Waals surface area (Å²) in [5.41, 5.74) is 4.05. The van der Waals surface area contributed by atoms with Crippen LogP contribution in [0.5, 0.6) is 5.75 Å². The molecule has 1 aromatic heterocycles. The van der Waals surface area contributed by atoms with Gasteiger partial charge in [-0.15, -0.1) is 0 Å². The maximum absolute atomic E-state index is 5.97. The number of hydrogen-bond acceptors (Lipinski definition) is 5. The van der Waals surface area contributed by atoms with E-state index in [-0.39, 0.29) is 11.6 Å². The van der Waals surface area contributed by atoms with E-state index < -0.39 is 0 Å². The number of aryl methyl sites for hydroxylation is 1. The minimum Gasteiger partial charge on any atom is -0.493 e. The molecule has 0 radical (unpaired) electrons. The van der Waals surface area contributed by atoms with E-state index in [9.17, 15) is 0 Å². The summed E-state index contributed by atoms with van der Waals surface area (Å²) >= 11 is 0. The van der Waals surface area contributed by atoms with E-state index >= 15 is 0 Å². The lowest BCUT2D eigenvalue weighted by Gasteiger charge is -2.49. The highest BCUT2D eigenvalue weighted by Crippen LogP contribution is 2.45. The smallest absolute Gasteiger partial charge is 0.161 e. The van der Waals surface area contributed by atoms with E-state index in [0.29, 0.717) is 0 Å². The summed E-state index contributed by atoms with van der Waals surface area (Å²) in [5, 5.41) is 4.33. The van der Waals surface area contributed by atoms with Gasteiger partial charge in [0.1, 0.15) is 5.69 Å². The molecule has 1 aliphatic carbocycles. The number of ether oxygens (including phenoxy) is 1. The predicted octanol–water partition coefficient (Wildman–Crippen LogP) is 1.44. The highest BCUT2D eigenvalue weighted by molar-refractivity contribution is 5.31. The molecule has 6 heteroatoms. The van der Waals surface area contributed by atoms with Crippen LogP contribution in [0.2, 0.25) is 0 Å². The molecule has 1 saturated carbocycles. The zero-order chi connectivity index (χ0) is 15.6. The van der Waals surface area contributed by atoms with E-state index in [2.05, 4.69) is 36.4 Å². The van der Waals surface area contributed by atoms with Gasteiger partial charge in [0.05, 0.1) is 19.3 Å². The third-order valence-corrected chi connectivity index (χ3v) is 5.18. The second kappa shape index (κ2) is 6.34. The summed E-state index contributed by atoms with van der Waals surface area (Å²) in [4.78, 5) is 2.32. The van der Waals surface area contributed by atoms with E-state index in [4.69, 9.17) is 10.6 Å². The Bertz CT molecular complexity index is 463. The molecule has 120 valence electrons. The molecule has 0 bridgehead atoms. The minimum absolute atomic E-state index is 0.0116. The standard InChI is InChI=1S/C15H29N5O/c1-11-6-8-15(9-7-11,19(2)3)14(18-16)13-12(21-5)10-17-20(13)4/h10-11,14,18H,6-9,16H2,1-5H3. The average molecular weight is 295 g/mol. The monoisotopic (exact) mass is 295 g/mol. The Balaban J connectivity index is 2.43. The van der Waals surface area contributed by atoms with Gasteiger partial charge in [-0.3, -0.25) is 10.5 Å². The van der Waals surface area contributed by atoms with Crippen LogP contribution in [0.3, 0.4) is 0 Å². The zero-order valence-corrected chi connectivity index (χ0v) is 13.9. The lowest BCUT2D eigenvalue weighted by Crippen LogP contribution is -2.57. The Hall–Kier alpha value is -1.11. The topological polar surface area (TPSA) is 68.3 Å². The molecule has 1 heterocycles. The van der Waals surface area contributed by atoms with Crippen LogP contribution in [-0.2, 0) is 7.05 Å². The highest BCUT2D eigenvalue weighted by atomic mass is 16.5. The number of nitrogens with one attached hydrogen (secondary N) is 1. The van der Waals surface area contributed by atoms with Crippen molar-refractivity contribution in [1.82, 2.24) is 20.1 Å². The van der Waals surface area contributed by atoms with E-state index in [1.165, 1.54) is 12.8 Å². The van der Waals surface area contributed by atoms with Gasteiger partial charge in [-0.2, -0.15) is 5.10 Å². The van der Waals surface area contributed by atoms with Crippen LogP contribution in [0.15, 0.2) is 6.20 Å². The van der Waals surface area contributed by atoms with Gasteiger partial charge < -0.3 is 9.64 Å². The molecule has 0 saturated heterocycles. The van der Waals surface area contributed by atoms with E-state index in [1.807, 2.05) is 11.7 Å². The van der Waals surface area contributed by atoms with Crippen molar-refractivity contribution in [3.05, 3.63) is 11.9 Å². The van der Waals surface area contributed by atoms with Crippen LogP contribution in [0, 0.1) is 5.92 Å². The van der Waals surface area contributed by atoms with Crippen LogP contribution in [-0.4, -0.2) is 41.4 Å². The third kappa shape index (κ3) is 2.80. The van der Waals surface area contributed by atoms with Crippen molar-refractivity contribution in [1.29, 1.82) is 0 Å². The van der Waals surface area contributed by atoms with Crippen LogP contribution in [0.25, 0.3) is 0 Å². The second-order valence-corrected chi connectivity index (χ2v) is 6.50. The van der Waals surface area contributed by atoms with Gasteiger partial charge in [0.15, 0.2) is 5.75 Å². The van der Waals surface area contributed by atoms with Gasteiger partial charge in [0.25, 0.3) is 0 Å². The maximum Gasteiger partial charge on any atom is 0.161 e. The number of hydrogen-bond donors (Lipinski definition) is 2. The Morgan fingerprint density at radius 3 is 2.57 bits per heavy atom. The first kappa shape index (κ1) is 16.3. The van der Waals surface area contributed by atoms with Crippen molar-refractivity contribution in [3.8, 4) is 5.75 Å². The molecule has 3 N–H and O–H groups in total. The second-order valence-electron chi connectivity index (χ2n) is 6.50. The number of nitrogens with two attached hydrogens (primary N) is 1. The summed E-state index contributed by atoms with van der Waals surface area (Å²) < 4.78 is 7.36. The van der Waals surface area contributed by atoms with Gasteiger partial charge in [-0.1, -0.05) is 6.92 Å². The fourth-order valence-electron chi connectivity index (χ4n) is 3.66. The lowest BCUT2D eigenvalue weighted by atomic mass is 9.71. The largest absolute Gasteiger partial charge is 0.493 e. The first-order valence-corrected chi connectivity index (χ1v) is 7.65. The van der Waals surface area contributed by atoms with Crippen molar-refractivity contribution < 1.29 is 4.74 Å². The Morgan fingerprint density at radius 2 is 2.10 bits per heavy atom. The molecular weight excluding hydrogens is 266 g/mol. The Labute approximate surface area is 127 Å². The molecule has 1 unspecified atom stereocenters. The minimum atomic E-state index is -0.0116. The Kier molecular flexibility index (Phi) is 4.91. The summed E-state index contributed by atoms with van der Waals surface area (Å²) in [7, 11) is 7.91. The van der Waals surface area contributed by atoms with Gasteiger partial charge >= 0.3 is 0 Å². The molecule has 1 aromatic rings. The van der Waals surface area contributed by atoms with Gasteiger partial charge in [-0.05, 0) is 45.7 Å². The number of aromatic nitrogens is 2. The zero-order valence-electron chi connectivity index (χ0n) is 13.9.